The van der Waals surface area contributed by atoms with Crippen molar-refractivity contribution >= 4 is 12.0 Å². The lowest BCUT2D eigenvalue weighted by Gasteiger charge is -2.32. The number of imide groups is 1. The number of allylic oxidation sites excluding steroid dienone is 4. The first-order valence-corrected chi connectivity index (χ1v) is 8.55. The van der Waals surface area contributed by atoms with E-state index in [9.17, 15) is 9.59 Å². The molecule has 1 aliphatic carbocycles. The molecule has 1 aromatic rings. The molecule has 3 atom stereocenters. The maximum absolute atomic E-state index is 12.9. The number of hydrogen-bond donors (Lipinski definition) is 1. The van der Waals surface area contributed by atoms with E-state index in [-0.39, 0.29) is 17.9 Å². The van der Waals surface area contributed by atoms with Gasteiger partial charge in [0.05, 0.1) is 6.04 Å². The van der Waals surface area contributed by atoms with Crippen LogP contribution >= 0.6 is 0 Å². The number of amides is 2. The van der Waals surface area contributed by atoms with Gasteiger partial charge in [-0.15, -0.1) is 0 Å². The molecule has 2 amide bonds. The topological polar surface area (TPSA) is 72.6 Å². The van der Waals surface area contributed by atoms with Crippen molar-refractivity contribution in [3.05, 3.63) is 59.7 Å². The van der Waals surface area contributed by atoms with Gasteiger partial charge >= 0.3 is 6.09 Å². The Kier molecular flexibility index (Phi) is 4.77. The van der Waals surface area contributed by atoms with Gasteiger partial charge in [0.15, 0.2) is 0 Å². The summed E-state index contributed by atoms with van der Waals surface area (Å²) < 4.78 is 5.12. The second kappa shape index (κ2) is 6.84. The average molecular weight is 340 g/mol. The Morgan fingerprint density at radius 3 is 2.80 bits per heavy atom. The van der Waals surface area contributed by atoms with E-state index >= 15 is 0 Å². The molecule has 5 nitrogen and oxygen atoms in total. The lowest BCUT2D eigenvalue weighted by Crippen LogP contribution is -2.47. The maximum atomic E-state index is 12.9. The molecule has 3 rings (SSSR count). The van der Waals surface area contributed by atoms with Crippen LogP contribution in [0.3, 0.4) is 0 Å². The summed E-state index contributed by atoms with van der Waals surface area (Å²) in [5.41, 5.74) is 8.16. The van der Waals surface area contributed by atoms with Crippen molar-refractivity contribution < 1.29 is 14.3 Å². The predicted molar refractivity (Wildman–Crippen MR) is 95.6 cm³/mol. The molecule has 0 spiro atoms. The van der Waals surface area contributed by atoms with E-state index in [1.807, 2.05) is 36.4 Å². The Balaban J connectivity index is 1.75. The minimum atomic E-state index is -0.752. The third kappa shape index (κ3) is 3.66. The van der Waals surface area contributed by atoms with Gasteiger partial charge in [-0.2, -0.15) is 0 Å². The van der Waals surface area contributed by atoms with Crippen molar-refractivity contribution in [3.63, 3.8) is 0 Å². The number of carbonyl (C=O) groups is 2. The van der Waals surface area contributed by atoms with E-state index in [4.69, 9.17) is 10.5 Å². The van der Waals surface area contributed by atoms with E-state index in [1.165, 1.54) is 10.5 Å². The number of benzene rings is 1. The number of nitrogens with zero attached hydrogens (tertiary/aromatic N) is 1. The molecule has 0 saturated carbocycles. The van der Waals surface area contributed by atoms with Crippen LogP contribution in [0, 0.1) is 5.41 Å². The third-order valence-electron chi connectivity index (χ3n) is 4.86. The van der Waals surface area contributed by atoms with Crippen LogP contribution in [-0.4, -0.2) is 29.5 Å². The first-order chi connectivity index (χ1) is 11.9. The van der Waals surface area contributed by atoms with Gasteiger partial charge in [0.1, 0.15) is 12.6 Å². The minimum Gasteiger partial charge on any atom is -0.446 e. The molecule has 1 aromatic carbocycles. The number of carbonyl (C=O) groups excluding carboxylic acids is 2. The molecule has 0 aromatic heterocycles. The number of ether oxygens (including phenoxy) is 1. The summed E-state index contributed by atoms with van der Waals surface area (Å²) in [6.45, 7) is 4.32. The Morgan fingerprint density at radius 2 is 2.12 bits per heavy atom. The lowest BCUT2D eigenvalue weighted by atomic mass is 9.76. The van der Waals surface area contributed by atoms with E-state index < -0.39 is 18.2 Å². The van der Waals surface area contributed by atoms with Gasteiger partial charge in [0, 0.05) is 0 Å². The summed E-state index contributed by atoms with van der Waals surface area (Å²) in [4.78, 5) is 26.2. The second-order valence-electron chi connectivity index (χ2n) is 7.23. The highest BCUT2D eigenvalue weighted by Crippen LogP contribution is 2.36. The summed E-state index contributed by atoms with van der Waals surface area (Å²) >= 11 is 0. The summed E-state index contributed by atoms with van der Waals surface area (Å²) in [5, 5.41) is 0. The molecule has 0 radical (unpaired) electrons. The zero-order valence-corrected chi connectivity index (χ0v) is 14.6. The molecule has 25 heavy (non-hydrogen) atoms. The number of nitrogens with two attached hydrogens (primary N) is 1. The van der Waals surface area contributed by atoms with Gasteiger partial charge in [-0.25, -0.2) is 9.69 Å². The van der Waals surface area contributed by atoms with Crippen LogP contribution in [0.2, 0.25) is 0 Å². The molecule has 1 heterocycles. The zero-order chi connectivity index (χ0) is 18.0. The highest BCUT2D eigenvalue weighted by molar-refractivity contribution is 5.96. The first kappa shape index (κ1) is 17.4. The summed E-state index contributed by atoms with van der Waals surface area (Å²) in [6.07, 6.45) is 6.89. The number of hydrogen-bond acceptors (Lipinski definition) is 4. The van der Waals surface area contributed by atoms with Crippen molar-refractivity contribution in [2.24, 2.45) is 11.1 Å². The quantitative estimate of drug-likeness (QED) is 0.912. The summed E-state index contributed by atoms with van der Waals surface area (Å²) in [6, 6.07) is 8.26. The van der Waals surface area contributed by atoms with Crippen molar-refractivity contribution in [3.8, 4) is 0 Å². The average Bonchev–Trinajstić information content (AvgIpc) is 2.96. The minimum absolute atomic E-state index is 0.167. The van der Waals surface area contributed by atoms with Gasteiger partial charge in [-0.1, -0.05) is 61.1 Å². The molecule has 132 valence electrons. The van der Waals surface area contributed by atoms with E-state index in [0.717, 1.165) is 12.0 Å². The van der Waals surface area contributed by atoms with Gasteiger partial charge in [-0.3, -0.25) is 4.79 Å². The van der Waals surface area contributed by atoms with Crippen LogP contribution in [0.15, 0.2) is 54.1 Å². The SMILES string of the molecule is CC1=CC=CC(C)(C[C@H](N)C(=O)N2C(=O)OCC2c2ccccc2)C1. The van der Waals surface area contributed by atoms with Crippen molar-refractivity contribution in [2.45, 2.75) is 38.8 Å². The van der Waals surface area contributed by atoms with Crippen LogP contribution in [0.5, 0.6) is 0 Å². The third-order valence-corrected chi connectivity index (χ3v) is 4.86. The fourth-order valence-corrected chi connectivity index (χ4v) is 3.69. The van der Waals surface area contributed by atoms with Crippen molar-refractivity contribution in [1.29, 1.82) is 0 Å². The molecular weight excluding hydrogens is 316 g/mol. The normalized spacial score (nSPS) is 27.0. The Bertz CT molecular complexity index is 726. The highest BCUT2D eigenvalue weighted by atomic mass is 16.6. The fraction of sp³-hybridized carbons (Fsp3) is 0.400. The Morgan fingerprint density at radius 1 is 1.40 bits per heavy atom. The molecule has 1 aliphatic heterocycles. The number of cyclic esters (lactones) is 1. The van der Waals surface area contributed by atoms with Gasteiger partial charge in [0.2, 0.25) is 5.91 Å². The monoisotopic (exact) mass is 340 g/mol. The smallest absolute Gasteiger partial charge is 0.417 e. The second-order valence-corrected chi connectivity index (χ2v) is 7.23. The van der Waals surface area contributed by atoms with Crippen molar-refractivity contribution in [2.75, 3.05) is 6.61 Å². The van der Waals surface area contributed by atoms with E-state index in [0.29, 0.717) is 6.42 Å². The molecule has 0 bridgehead atoms. The molecule has 1 saturated heterocycles. The number of rotatable bonds is 4. The standard InChI is InChI=1S/C20H24N2O3/c1-14-7-6-10-20(2,11-14)12-16(21)18(23)22-17(13-25-19(22)24)15-8-4-3-5-9-15/h3-10,16-17H,11-13,21H2,1-2H3/t16-,17?,20?/m0/s1. The Labute approximate surface area is 148 Å². The summed E-state index contributed by atoms with van der Waals surface area (Å²) in [7, 11) is 0. The molecule has 2 aliphatic rings. The zero-order valence-electron chi connectivity index (χ0n) is 14.6. The highest BCUT2D eigenvalue weighted by Gasteiger charge is 2.42. The maximum Gasteiger partial charge on any atom is 0.417 e. The van der Waals surface area contributed by atoms with Gasteiger partial charge in [-0.05, 0) is 30.7 Å². The van der Waals surface area contributed by atoms with Crippen LogP contribution in [-0.2, 0) is 9.53 Å². The molecule has 5 heteroatoms. The van der Waals surface area contributed by atoms with Gasteiger partial charge in [0.25, 0.3) is 0 Å². The van der Waals surface area contributed by atoms with Crippen molar-refractivity contribution in [1.82, 2.24) is 4.90 Å². The van der Waals surface area contributed by atoms with E-state index in [2.05, 4.69) is 26.0 Å². The first-order valence-electron chi connectivity index (χ1n) is 8.55. The van der Waals surface area contributed by atoms with E-state index in [1.54, 1.807) is 0 Å². The molecule has 2 unspecified atom stereocenters. The van der Waals surface area contributed by atoms with Gasteiger partial charge < -0.3 is 10.5 Å². The van der Waals surface area contributed by atoms with Crippen LogP contribution in [0.1, 0.15) is 38.3 Å². The van der Waals surface area contributed by atoms with Crippen LogP contribution < -0.4 is 5.73 Å². The molecule has 2 N–H and O–H groups in total. The molecular formula is C20H24N2O3. The lowest BCUT2D eigenvalue weighted by molar-refractivity contribution is -0.131. The Hall–Kier alpha value is -2.40. The predicted octanol–water partition coefficient (Wildman–Crippen LogP) is 3.34. The largest absolute Gasteiger partial charge is 0.446 e. The summed E-state index contributed by atoms with van der Waals surface area (Å²) in [5.74, 6) is -0.377. The fourth-order valence-electron chi connectivity index (χ4n) is 3.69. The van der Waals surface area contributed by atoms with Crippen LogP contribution in [0.25, 0.3) is 0 Å². The van der Waals surface area contributed by atoms with Crippen LogP contribution in [0.4, 0.5) is 4.79 Å². The molecule has 1 fully saturated rings.